The number of pyridine rings is 1. The van der Waals surface area contributed by atoms with Gasteiger partial charge in [0.15, 0.2) is 5.60 Å². The van der Waals surface area contributed by atoms with Crippen LogP contribution in [0.15, 0.2) is 90.1 Å². The van der Waals surface area contributed by atoms with Crippen molar-refractivity contribution >= 4 is 34.1 Å². The molecule has 0 amide bonds. The summed E-state index contributed by atoms with van der Waals surface area (Å²) in [5.41, 5.74) is 2.45. The predicted molar refractivity (Wildman–Crippen MR) is 148 cm³/mol. The van der Waals surface area contributed by atoms with Crippen molar-refractivity contribution in [2.45, 2.75) is 25.0 Å². The Hall–Kier alpha value is -3.38. The van der Waals surface area contributed by atoms with E-state index in [0.717, 1.165) is 29.4 Å². The molecule has 1 unspecified atom stereocenters. The maximum atomic E-state index is 13.7. The zero-order chi connectivity index (χ0) is 25.7. The molecule has 5 aromatic rings. The number of hydrogen-bond donors (Lipinski definition) is 1. The number of benzene rings is 3. The fourth-order valence-electron chi connectivity index (χ4n) is 5.21. The zero-order valence-corrected chi connectivity index (χ0v) is 21.7. The number of nitrogens with zero attached hydrogens (tertiary/aromatic N) is 3. The molecule has 186 valence electrons. The summed E-state index contributed by atoms with van der Waals surface area (Å²) in [7, 11) is 1.85. The molecule has 1 fully saturated rings. The Kier molecular flexibility index (Phi) is 5.95. The molecule has 0 aliphatic heterocycles. The van der Waals surface area contributed by atoms with Crippen LogP contribution in [0.5, 0.6) is 0 Å². The Morgan fingerprint density at radius 3 is 2.43 bits per heavy atom. The van der Waals surface area contributed by atoms with Gasteiger partial charge in [-0.3, -0.25) is 4.79 Å². The third-order valence-electron chi connectivity index (χ3n) is 7.24. The normalized spacial score (nSPS) is 15.1. The van der Waals surface area contributed by atoms with Gasteiger partial charge in [0.05, 0.1) is 23.7 Å². The van der Waals surface area contributed by atoms with E-state index in [-0.39, 0.29) is 5.56 Å². The fourth-order valence-corrected chi connectivity index (χ4v) is 5.52. The Morgan fingerprint density at radius 2 is 1.76 bits per heavy atom. The number of para-hydroxylation sites is 1. The van der Waals surface area contributed by atoms with E-state index in [0.29, 0.717) is 44.8 Å². The van der Waals surface area contributed by atoms with Crippen LogP contribution in [0.2, 0.25) is 10.0 Å². The Morgan fingerprint density at radius 1 is 1.00 bits per heavy atom. The van der Waals surface area contributed by atoms with Gasteiger partial charge >= 0.3 is 0 Å². The summed E-state index contributed by atoms with van der Waals surface area (Å²) in [6.45, 7) is 0.601. The molecule has 7 heteroatoms. The van der Waals surface area contributed by atoms with E-state index in [1.54, 1.807) is 35.3 Å². The first-order valence-corrected chi connectivity index (χ1v) is 13.0. The van der Waals surface area contributed by atoms with Crippen LogP contribution in [0.3, 0.4) is 0 Å². The number of aromatic nitrogens is 3. The van der Waals surface area contributed by atoms with Crippen LogP contribution < -0.4 is 5.56 Å². The first-order chi connectivity index (χ1) is 17.9. The van der Waals surface area contributed by atoms with Crippen molar-refractivity contribution in [1.82, 2.24) is 14.1 Å². The molecule has 1 aliphatic carbocycles. The zero-order valence-electron chi connectivity index (χ0n) is 20.2. The first kappa shape index (κ1) is 24.0. The summed E-state index contributed by atoms with van der Waals surface area (Å²) in [4.78, 5) is 18.0. The molecule has 37 heavy (non-hydrogen) atoms. The quantitative estimate of drug-likeness (QED) is 0.276. The molecule has 2 aromatic heterocycles. The highest BCUT2D eigenvalue weighted by Crippen LogP contribution is 2.42. The van der Waals surface area contributed by atoms with Crippen molar-refractivity contribution in [3.63, 3.8) is 0 Å². The number of fused-ring (bicyclic) bond motifs is 1. The van der Waals surface area contributed by atoms with Gasteiger partial charge in [-0.05, 0) is 59.7 Å². The molecule has 1 aliphatic rings. The summed E-state index contributed by atoms with van der Waals surface area (Å²) in [6.07, 6.45) is 5.51. The highest BCUT2D eigenvalue weighted by atomic mass is 35.5. The van der Waals surface area contributed by atoms with Crippen LogP contribution in [0.25, 0.3) is 22.0 Å². The summed E-state index contributed by atoms with van der Waals surface area (Å²) < 4.78 is 3.63. The number of aryl methyl sites for hydroxylation is 1. The standard InChI is InChI=1S/C30H25Cl2N3O2/c1-34-18-33-16-27(34)30(37,21-10-12-22(31)13-11-21)26-7-3-6-24-25(20-4-2-5-23(32)14-20)15-28(36)35(29(24)26)17-19-8-9-19/h2-7,10-16,18-19,37H,8-9,17H2,1H3. The average Bonchev–Trinajstić information content (AvgIpc) is 3.61. The number of hydrogen-bond acceptors (Lipinski definition) is 3. The van der Waals surface area contributed by atoms with E-state index in [1.807, 2.05) is 66.2 Å². The minimum Gasteiger partial charge on any atom is -0.374 e. The van der Waals surface area contributed by atoms with Crippen molar-refractivity contribution < 1.29 is 5.11 Å². The molecule has 0 radical (unpaired) electrons. The lowest BCUT2D eigenvalue weighted by Gasteiger charge is -2.32. The van der Waals surface area contributed by atoms with Gasteiger partial charge in [-0.15, -0.1) is 0 Å². The highest BCUT2D eigenvalue weighted by Gasteiger charge is 2.39. The molecule has 1 saturated carbocycles. The van der Waals surface area contributed by atoms with Crippen LogP contribution in [0, 0.1) is 5.92 Å². The van der Waals surface area contributed by atoms with Crippen molar-refractivity contribution in [1.29, 1.82) is 0 Å². The van der Waals surface area contributed by atoms with Gasteiger partial charge in [0, 0.05) is 40.7 Å². The number of halogens is 2. The van der Waals surface area contributed by atoms with Gasteiger partial charge in [0.25, 0.3) is 5.56 Å². The number of rotatable bonds is 6. The molecule has 6 rings (SSSR count). The van der Waals surface area contributed by atoms with Gasteiger partial charge in [-0.1, -0.05) is 65.7 Å². The molecule has 1 N–H and O–H groups in total. The lowest BCUT2D eigenvalue weighted by Crippen LogP contribution is -2.33. The van der Waals surface area contributed by atoms with Crippen LogP contribution in [0.1, 0.15) is 29.7 Å². The second kappa shape index (κ2) is 9.18. The fraction of sp³-hybridized carbons (Fsp3) is 0.200. The smallest absolute Gasteiger partial charge is 0.251 e. The number of imidazole rings is 1. The van der Waals surface area contributed by atoms with Gasteiger partial charge in [-0.2, -0.15) is 0 Å². The van der Waals surface area contributed by atoms with Gasteiger partial charge in [0.2, 0.25) is 0 Å². The third kappa shape index (κ3) is 4.17. The first-order valence-electron chi connectivity index (χ1n) is 12.2. The van der Waals surface area contributed by atoms with E-state index >= 15 is 0 Å². The molecule has 0 bridgehead atoms. The SMILES string of the molecule is Cn1cncc1C(O)(c1ccc(Cl)cc1)c1cccc2c(-c3cccc(Cl)c3)cc(=O)n(CC3CC3)c12. The Labute approximate surface area is 224 Å². The molecular weight excluding hydrogens is 505 g/mol. The van der Waals surface area contributed by atoms with E-state index in [9.17, 15) is 9.90 Å². The Balaban J connectivity index is 1.73. The lowest BCUT2D eigenvalue weighted by molar-refractivity contribution is 0.118. The van der Waals surface area contributed by atoms with Crippen LogP contribution >= 0.6 is 23.2 Å². The van der Waals surface area contributed by atoms with Crippen molar-refractivity contribution in [2.24, 2.45) is 13.0 Å². The molecule has 0 saturated heterocycles. The summed E-state index contributed by atoms with van der Waals surface area (Å²) in [6, 6.07) is 22.2. The molecule has 3 aromatic carbocycles. The van der Waals surface area contributed by atoms with Gasteiger partial charge in [-0.25, -0.2) is 4.98 Å². The topological polar surface area (TPSA) is 60.0 Å². The van der Waals surface area contributed by atoms with Crippen LogP contribution in [-0.2, 0) is 19.2 Å². The van der Waals surface area contributed by atoms with E-state index in [4.69, 9.17) is 23.2 Å². The molecule has 2 heterocycles. The second-order valence-electron chi connectivity index (χ2n) is 9.77. The summed E-state index contributed by atoms with van der Waals surface area (Å²) in [5.74, 6) is 0.450. The summed E-state index contributed by atoms with van der Waals surface area (Å²) in [5, 5.41) is 14.8. The molecule has 0 spiro atoms. The molecular formula is C30H25Cl2N3O2. The minimum absolute atomic E-state index is 0.106. The monoisotopic (exact) mass is 529 g/mol. The van der Waals surface area contributed by atoms with Gasteiger partial charge in [0.1, 0.15) is 0 Å². The minimum atomic E-state index is -1.60. The van der Waals surface area contributed by atoms with Crippen molar-refractivity contribution in [3.05, 3.63) is 123 Å². The largest absolute Gasteiger partial charge is 0.374 e. The maximum absolute atomic E-state index is 13.7. The average molecular weight is 530 g/mol. The summed E-state index contributed by atoms with van der Waals surface area (Å²) >= 11 is 12.5. The lowest BCUT2D eigenvalue weighted by atomic mass is 9.81. The van der Waals surface area contributed by atoms with Crippen LogP contribution in [0.4, 0.5) is 0 Å². The third-order valence-corrected chi connectivity index (χ3v) is 7.73. The molecule has 1 atom stereocenters. The van der Waals surface area contributed by atoms with E-state index < -0.39 is 5.60 Å². The van der Waals surface area contributed by atoms with Crippen molar-refractivity contribution in [3.8, 4) is 11.1 Å². The predicted octanol–water partition coefficient (Wildman–Crippen LogP) is 6.40. The van der Waals surface area contributed by atoms with Gasteiger partial charge < -0.3 is 14.2 Å². The maximum Gasteiger partial charge on any atom is 0.251 e. The van der Waals surface area contributed by atoms with E-state index in [1.165, 1.54) is 0 Å². The van der Waals surface area contributed by atoms with Crippen molar-refractivity contribution in [2.75, 3.05) is 0 Å². The van der Waals surface area contributed by atoms with E-state index in [2.05, 4.69) is 4.98 Å². The molecule has 5 nitrogen and oxygen atoms in total. The highest BCUT2D eigenvalue weighted by molar-refractivity contribution is 6.31. The Bertz CT molecular complexity index is 1690. The number of aliphatic hydroxyl groups is 1. The second-order valence-corrected chi connectivity index (χ2v) is 10.6. The van der Waals surface area contributed by atoms with Crippen LogP contribution in [-0.4, -0.2) is 19.2 Å².